The van der Waals surface area contributed by atoms with Crippen LogP contribution in [0.15, 0.2) is 56.5 Å². The van der Waals surface area contributed by atoms with E-state index in [2.05, 4.69) is 9.71 Å². The fourth-order valence-electron chi connectivity index (χ4n) is 2.95. The first kappa shape index (κ1) is 17.7. The summed E-state index contributed by atoms with van der Waals surface area (Å²) >= 11 is 0. The van der Waals surface area contributed by atoms with Crippen LogP contribution >= 0.6 is 0 Å². The molecule has 1 heterocycles. The second kappa shape index (κ2) is 5.70. The monoisotopic (exact) mass is 378 g/mol. The summed E-state index contributed by atoms with van der Waals surface area (Å²) in [6, 6.07) is 5.74. The summed E-state index contributed by atoms with van der Waals surface area (Å²) < 4.78 is 28.4. The van der Waals surface area contributed by atoms with E-state index in [9.17, 15) is 33.3 Å². The molecule has 9 nitrogen and oxygen atoms in total. The maximum Gasteiger partial charge on any atom is 0.331 e. The molecule has 26 heavy (non-hydrogen) atoms. The van der Waals surface area contributed by atoms with Crippen LogP contribution < -0.4 is 5.32 Å². The van der Waals surface area contributed by atoms with Gasteiger partial charge in [0.2, 0.25) is 0 Å². The standard InChI is InChI=1S/C16H14N2O7S/c1-8-6-12(19)16(15(22)23,7-9(8)13(20)21)14-17-10-4-2-3-5-11(10)26(24,25)18-14/h2-6,19H,7H2,1H3,(H,17,18)(H,20,21)(H,22,23). The number of rotatable bonds is 3. The first-order valence-corrected chi connectivity index (χ1v) is 8.82. The number of amidine groups is 1. The average molecular weight is 378 g/mol. The van der Waals surface area contributed by atoms with Crippen molar-refractivity contribution in [3.8, 4) is 0 Å². The van der Waals surface area contributed by atoms with Gasteiger partial charge < -0.3 is 20.6 Å². The molecule has 0 bridgehead atoms. The first-order chi connectivity index (χ1) is 12.1. The van der Waals surface area contributed by atoms with Crippen molar-refractivity contribution in [2.75, 3.05) is 5.32 Å². The SMILES string of the molecule is CC1=C(C(=O)O)CC(C(=O)O)(C2=NS(=O)(=O)c3ccccc3N2)C(O)=C1. The van der Waals surface area contributed by atoms with Crippen LogP contribution in [0.2, 0.25) is 0 Å². The third-order valence-corrected chi connectivity index (χ3v) is 5.70. The van der Waals surface area contributed by atoms with E-state index in [4.69, 9.17) is 0 Å². The molecule has 1 atom stereocenters. The number of anilines is 1. The molecule has 0 saturated carbocycles. The molecule has 4 N–H and O–H groups in total. The van der Waals surface area contributed by atoms with Crippen molar-refractivity contribution in [3.63, 3.8) is 0 Å². The Morgan fingerprint density at radius 3 is 2.50 bits per heavy atom. The number of aliphatic hydroxyl groups excluding tert-OH is 1. The maximum absolute atomic E-state index is 12.4. The summed E-state index contributed by atoms with van der Waals surface area (Å²) in [5.41, 5.74) is -2.35. The molecule has 1 aliphatic heterocycles. The van der Waals surface area contributed by atoms with E-state index in [-0.39, 0.29) is 21.7 Å². The molecule has 1 aromatic rings. The number of fused-ring (bicyclic) bond motifs is 1. The molecule has 1 aromatic carbocycles. The highest BCUT2D eigenvalue weighted by Crippen LogP contribution is 2.43. The fraction of sp³-hybridized carbons (Fsp3) is 0.188. The molecule has 0 amide bonds. The quantitative estimate of drug-likeness (QED) is 0.617. The number of carboxylic acids is 2. The van der Waals surface area contributed by atoms with E-state index in [1.807, 2.05) is 0 Å². The Balaban J connectivity index is 2.23. The lowest BCUT2D eigenvalue weighted by molar-refractivity contribution is -0.144. The van der Waals surface area contributed by atoms with Crippen molar-refractivity contribution < 1.29 is 33.3 Å². The van der Waals surface area contributed by atoms with E-state index in [0.29, 0.717) is 0 Å². The lowest BCUT2D eigenvalue weighted by Gasteiger charge is -2.35. The fourth-order valence-corrected chi connectivity index (χ4v) is 4.13. The Morgan fingerprint density at radius 1 is 1.23 bits per heavy atom. The Morgan fingerprint density at radius 2 is 1.88 bits per heavy atom. The highest BCUT2D eigenvalue weighted by atomic mass is 32.2. The highest BCUT2D eigenvalue weighted by Gasteiger charge is 2.53. The predicted molar refractivity (Wildman–Crippen MR) is 90.4 cm³/mol. The second-order valence-corrected chi connectivity index (χ2v) is 7.49. The van der Waals surface area contributed by atoms with Gasteiger partial charge in [-0.3, -0.25) is 4.79 Å². The molecule has 0 radical (unpaired) electrons. The number of carboxylic acid groups (broad SMARTS) is 2. The molecule has 10 heteroatoms. The van der Waals surface area contributed by atoms with Crippen LogP contribution in [0.3, 0.4) is 0 Å². The van der Waals surface area contributed by atoms with Gasteiger partial charge in [0.1, 0.15) is 16.5 Å². The van der Waals surface area contributed by atoms with Gasteiger partial charge in [-0.15, -0.1) is 4.40 Å². The Kier molecular flexibility index (Phi) is 3.87. The second-order valence-electron chi connectivity index (χ2n) is 5.92. The number of nitrogens with one attached hydrogen (secondary N) is 1. The number of para-hydroxylation sites is 1. The smallest absolute Gasteiger partial charge is 0.331 e. The minimum absolute atomic E-state index is 0.0917. The summed E-state index contributed by atoms with van der Waals surface area (Å²) in [5.74, 6) is -4.26. The molecule has 0 aromatic heterocycles. The zero-order valence-electron chi connectivity index (χ0n) is 13.4. The van der Waals surface area contributed by atoms with Crippen LogP contribution in [-0.2, 0) is 19.6 Å². The molecule has 1 aliphatic carbocycles. The molecule has 0 spiro atoms. The minimum Gasteiger partial charge on any atom is -0.511 e. The topological polar surface area (TPSA) is 153 Å². The van der Waals surface area contributed by atoms with Crippen LogP contribution in [0.25, 0.3) is 0 Å². The zero-order chi connectivity index (χ0) is 19.3. The van der Waals surface area contributed by atoms with E-state index in [1.54, 1.807) is 6.07 Å². The van der Waals surface area contributed by atoms with Crippen molar-refractivity contribution in [1.29, 1.82) is 0 Å². The van der Waals surface area contributed by atoms with Crippen molar-refractivity contribution in [2.24, 2.45) is 9.81 Å². The van der Waals surface area contributed by atoms with E-state index >= 15 is 0 Å². The number of carbonyl (C=O) groups is 2. The van der Waals surface area contributed by atoms with Gasteiger partial charge in [-0.1, -0.05) is 12.1 Å². The average Bonchev–Trinajstić information content (AvgIpc) is 2.53. The van der Waals surface area contributed by atoms with Gasteiger partial charge in [0.05, 0.1) is 5.69 Å². The number of nitrogens with zero attached hydrogens (tertiary/aromatic N) is 1. The normalized spacial score (nSPS) is 24.0. The first-order valence-electron chi connectivity index (χ1n) is 7.38. The highest BCUT2D eigenvalue weighted by molar-refractivity contribution is 7.90. The summed E-state index contributed by atoms with van der Waals surface area (Å²) in [5, 5.41) is 32.1. The van der Waals surface area contributed by atoms with Crippen LogP contribution in [0, 0.1) is 5.41 Å². The Labute approximate surface area is 148 Å². The summed E-state index contributed by atoms with van der Waals surface area (Å²) in [4.78, 5) is 23.4. The van der Waals surface area contributed by atoms with E-state index in [0.717, 1.165) is 6.08 Å². The van der Waals surface area contributed by atoms with E-state index in [1.165, 1.54) is 25.1 Å². The third-order valence-electron chi connectivity index (χ3n) is 4.37. The number of sulfonamides is 1. The van der Waals surface area contributed by atoms with Crippen molar-refractivity contribution in [2.45, 2.75) is 18.2 Å². The van der Waals surface area contributed by atoms with Gasteiger partial charge in [0.15, 0.2) is 5.41 Å². The van der Waals surface area contributed by atoms with Gasteiger partial charge >= 0.3 is 11.9 Å². The molecule has 0 saturated heterocycles. The molecule has 3 rings (SSSR count). The number of aliphatic carboxylic acids is 2. The van der Waals surface area contributed by atoms with Crippen LogP contribution in [0.4, 0.5) is 5.69 Å². The zero-order valence-corrected chi connectivity index (χ0v) is 14.2. The molecule has 0 fully saturated rings. The van der Waals surface area contributed by atoms with Gasteiger partial charge in [-0.25, -0.2) is 4.79 Å². The number of aliphatic hydroxyl groups is 1. The summed E-state index contributed by atoms with van der Waals surface area (Å²) in [7, 11) is -4.23. The lowest BCUT2D eigenvalue weighted by Crippen LogP contribution is -2.48. The summed E-state index contributed by atoms with van der Waals surface area (Å²) in [6.45, 7) is 1.41. The minimum atomic E-state index is -4.23. The van der Waals surface area contributed by atoms with Crippen LogP contribution in [0.1, 0.15) is 13.3 Å². The number of benzene rings is 1. The molecular weight excluding hydrogens is 364 g/mol. The van der Waals surface area contributed by atoms with Gasteiger partial charge in [0.25, 0.3) is 10.0 Å². The van der Waals surface area contributed by atoms with Crippen molar-refractivity contribution >= 4 is 33.5 Å². The Bertz CT molecular complexity index is 1040. The van der Waals surface area contributed by atoms with Crippen molar-refractivity contribution in [1.82, 2.24) is 0 Å². The van der Waals surface area contributed by atoms with E-state index < -0.39 is 45.4 Å². The largest absolute Gasteiger partial charge is 0.511 e. The molecule has 1 unspecified atom stereocenters. The van der Waals surface area contributed by atoms with Gasteiger partial charge in [0, 0.05) is 12.0 Å². The Hall–Kier alpha value is -3.14. The number of allylic oxidation sites excluding steroid dienone is 2. The predicted octanol–water partition coefficient (Wildman–Crippen LogP) is 1.52. The van der Waals surface area contributed by atoms with Crippen molar-refractivity contribution in [3.05, 3.63) is 47.2 Å². The summed E-state index contributed by atoms with van der Waals surface area (Å²) in [6.07, 6.45) is 0.341. The third kappa shape index (κ3) is 2.46. The molecule has 136 valence electrons. The maximum atomic E-state index is 12.4. The number of hydrogen-bond acceptors (Lipinski definition) is 6. The van der Waals surface area contributed by atoms with Crippen LogP contribution in [-0.4, -0.2) is 41.5 Å². The van der Waals surface area contributed by atoms with Gasteiger partial charge in [-0.05, 0) is 30.7 Å². The number of hydrogen-bond donors (Lipinski definition) is 4. The molecular formula is C16H14N2O7S. The van der Waals surface area contributed by atoms with Crippen LogP contribution in [0.5, 0.6) is 0 Å². The lowest BCUT2D eigenvalue weighted by atomic mass is 9.73. The van der Waals surface area contributed by atoms with Gasteiger partial charge in [-0.2, -0.15) is 8.42 Å². The molecule has 2 aliphatic rings.